The fraction of sp³-hybridized carbons (Fsp3) is 0.185. The Balaban J connectivity index is 1.38. The van der Waals surface area contributed by atoms with Crippen LogP contribution in [0.15, 0.2) is 79.0 Å². The first-order chi connectivity index (χ1) is 16.6. The molecule has 0 atom stereocenters. The van der Waals surface area contributed by atoms with Gasteiger partial charge in [-0.3, -0.25) is 4.79 Å². The van der Waals surface area contributed by atoms with Crippen LogP contribution in [-0.2, 0) is 0 Å². The lowest BCUT2D eigenvalue weighted by atomic mass is 10.1. The Morgan fingerprint density at radius 2 is 1.53 bits per heavy atom. The predicted octanol–water partition coefficient (Wildman–Crippen LogP) is 4.96. The number of methoxy groups -OCH3 is 1. The highest BCUT2D eigenvalue weighted by molar-refractivity contribution is 6.14. The Morgan fingerprint density at radius 3 is 2.26 bits per heavy atom. The van der Waals surface area contributed by atoms with Crippen molar-refractivity contribution in [2.75, 3.05) is 48.4 Å². The van der Waals surface area contributed by atoms with Gasteiger partial charge in [-0.25, -0.2) is 9.37 Å². The highest BCUT2D eigenvalue weighted by atomic mass is 19.1. The molecule has 1 fully saturated rings. The van der Waals surface area contributed by atoms with E-state index in [9.17, 15) is 9.18 Å². The van der Waals surface area contributed by atoms with Crippen LogP contribution in [-0.4, -0.2) is 44.2 Å². The van der Waals surface area contributed by atoms with Gasteiger partial charge in [0.2, 0.25) is 0 Å². The molecule has 1 N–H and O–H groups in total. The second-order valence-electron chi connectivity index (χ2n) is 8.15. The Kier molecular flexibility index (Phi) is 5.99. The Bertz CT molecular complexity index is 1320. The number of nitrogens with zero attached hydrogens (tertiary/aromatic N) is 3. The van der Waals surface area contributed by atoms with Gasteiger partial charge in [-0.05, 0) is 41.8 Å². The van der Waals surface area contributed by atoms with Crippen molar-refractivity contribution in [2.24, 2.45) is 0 Å². The summed E-state index contributed by atoms with van der Waals surface area (Å²) in [5, 5.41) is 4.60. The van der Waals surface area contributed by atoms with E-state index in [1.807, 2.05) is 42.5 Å². The Morgan fingerprint density at radius 1 is 0.882 bits per heavy atom. The van der Waals surface area contributed by atoms with E-state index >= 15 is 0 Å². The number of anilines is 3. The summed E-state index contributed by atoms with van der Waals surface area (Å²) in [5.74, 6) is 1.12. The van der Waals surface area contributed by atoms with Crippen molar-refractivity contribution in [2.45, 2.75) is 0 Å². The fourth-order valence-corrected chi connectivity index (χ4v) is 4.39. The number of ether oxygens (including phenoxy) is 1. The summed E-state index contributed by atoms with van der Waals surface area (Å²) in [6.07, 6.45) is 1.63. The molecular weight excluding hydrogens is 431 g/mol. The van der Waals surface area contributed by atoms with Crippen LogP contribution in [0.25, 0.3) is 10.8 Å². The van der Waals surface area contributed by atoms with Crippen molar-refractivity contribution < 1.29 is 13.9 Å². The minimum absolute atomic E-state index is 0.275. The molecule has 0 bridgehead atoms. The number of carbonyl (C=O) groups excluding carboxylic acids is 1. The van der Waals surface area contributed by atoms with Crippen molar-refractivity contribution in [3.63, 3.8) is 0 Å². The van der Waals surface area contributed by atoms with Crippen molar-refractivity contribution in [1.29, 1.82) is 0 Å². The van der Waals surface area contributed by atoms with E-state index in [0.29, 0.717) is 11.3 Å². The minimum Gasteiger partial charge on any atom is -0.495 e. The summed E-state index contributed by atoms with van der Waals surface area (Å²) in [7, 11) is 1.69. The van der Waals surface area contributed by atoms with Gasteiger partial charge in [-0.1, -0.05) is 36.4 Å². The molecular formula is C27H25FN4O2. The van der Waals surface area contributed by atoms with Gasteiger partial charge in [-0.2, -0.15) is 0 Å². The molecule has 34 heavy (non-hydrogen) atoms. The van der Waals surface area contributed by atoms with E-state index in [4.69, 9.17) is 9.72 Å². The van der Waals surface area contributed by atoms with E-state index in [-0.39, 0.29) is 11.7 Å². The molecule has 0 spiro atoms. The van der Waals surface area contributed by atoms with Crippen LogP contribution >= 0.6 is 0 Å². The fourth-order valence-electron chi connectivity index (χ4n) is 4.39. The van der Waals surface area contributed by atoms with Gasteiger partial charge in [0.1, 0.15) is 17.4 Å². The standard InChI is InChI=1S/C27H25FN4O2/c1-34-25-9-5-4-8-24(25)31-14-16-32(17-15-31)26-22-7-3-2-6-21(22)23(18-29-26)27(33)30-20-12-10-19(28)11-13-20/h2-13,18H,14-17H2,1H3,(H,30,33). The first-order valence-corrected chi connectivity index (χ1v) is 11.2. The van der Waals surface area contributed by atoms with E-state index in [0.717, 1.165) is 54.2 Å². The molecule has 7 heteroatoms. The number of hydrogen-bond donors (Lipinski definition) is 1. The molecule has 0 aliphatic carbocycles. The average Bonchev–Trinajstić information content (AvgIpc) is 2.89. The molecule has 6 nitrogen and oxygen atoms in total. The first-order valence-electron chi connectivity index (χ1n) is 11.2. The zero-order chi connectivity index (χ0) is 23.5. The van der Waals surface area contributed by atoms with Crippen LogP contribution in [0.4, 0.5) is 21.6 Å². The maximum Gasteiger partial charge on any atom is 0.257 e. The number of pyridine rings is 1. The van der Waals surface area contributed by atoms with Gasteiger partial charge in [0.25, 0.3) is 5.91 Å². The van der Waals surface area contributed by atoms with Gasteiger partial charge in [0.05, 0.1) is 18.4 Å². The van der Waals surface area contributed by atoms with Gasteiger partial charge >= 0.3 is 0 Å². The lowest BCUT2D eigenvalue weighted by Crippen LogP contribution is -2.47. The third-order valence-electron chi connectivity index (χ3n) is 6.13. The highest BCUT2D eigenvalue weighted by Gasteiger charge is 2.23. The third kappa shape index (κ3) is 4.24. The quantitative estimate of drug-likeness (QED) is 0.460. The minimum atomic E-state index is -0.347. The van der Waals surface area contributed by atoms with E-state index in [1.54, 1.807) is 25.4 Å². The summed E-state index contributed by atoms with van der Waals surface area (Å²) in [4.78, 5) is 22.3. The van der Waals surface area contributed by atoms with Crippen LogP contribution in [0.2, 0.25) is 0 Å². The van der Waals surface area contributed by atoms with Crippen molar-refractivity contribution in [1.82, 2.24) is 4.98 Å². The smallest absolute Gasteiger partial charge is 0.257 e. The van der Waals surface area contributed by atoms with E-state index in [2.05, 4.69) is 21.2 Å². The number of fused-ring (bicyclic) bond motifs is 1. The lowest BCUT2D eigenvalue weighted by Gasteiger charge is -2.37. The zero-order valence-corrected chi connectivity index (χ0v) is 18.9. The van der Waals surface area contributed by atoms with Crippen LogP contribution in [0, 0.1) is 5.82 Å². The maximum absolute atomic E-state index is 13.2. The number of nitrogens with one attached hydrogen (secondary N) is 1. The predicted molar refractivity (Wildman–Crippen MR) is 134 cm³/mol. The topological polar surface area (TPSA) is 57.7 Å². The number of aromatic nitrogens is 1. The summed E-state index contributed by atoms with van der Waals surface area (Å²) in [5.41, 5.74) is 2.11. The monoisotopic (exact) mass is 456 g/mol. The molecule has 1 aromatic heterocycles. The molecule has 5 rings (SSSR count). The number of rotatable bonds is 5. The summed E-state index contributed by atoms with van der Waals surface area (Å²) in [6, 6.07) is 21.6. The second kappa shape index (κ2) is 9.39. The van der Waals surface area contributed by atoms with Crippen LogP contribution in [0.3, 0.4) is 0 Å². The summed E-state index contributed by atoms with van der Waals surface area (Å²) >= 11 is 0. The van der Waals surface area contributed by atoms with Crippen LogP contribution in [0.5, 0.6) is 5.75 Å². The molecule has 4 aromatic rings. The van der Waals surface area contributed by atoms with Crippen molar-refractivity contribution in [3.05, 3.63) is 90.4 Å². The van der Waals surface area contributed by atoms with E-state index < -0.39 is 0 Å². The molecule has 0 unspecified atom stereocenters. The van der Waals surface area contributed by atoms with Crippen molar-refractivity contribution in [3.8, 4) is 5.75 Å². The zero-order valence-electron chi connectivity index (χ0n) is 18.9. The lowest BCUT2D eigenvalue weighted by molar-refractivity contribution is 0.102. The number of benzene rings is 3. The second-order valence-corrected chi connectivity index (χ2v) is 8.15. The number of amides is 1. The normalized spacial score (nSPS) is 13.7. The van der Waals surface area contributed by atoms with Crippen molar-refractivity contribution >= 4 is 33.9 Å². The number of halogens is 1. The molecule has 0 saturated carbocycles. The maximum atomic E-state index is 13.2. The van der Waals surface area contributed by atoms with Crippen LogP contribution in [0.1, 0.15) is 10.4 Å². The molecule has 1 aliphatic rings. The van der Waals surface area contributed by atoms with Gasteiger partial charge in [0, 0.05) is 43.4 Å². The van der Waals surface area contributed by atoms with Gasteiger partial charge in [-0.15, -0.1) is 0 Å². The number of para-hydroxylation sites is 2. The molecule has 2 heterocycles. The van der Waals surface area contributed by atoms with E-state index in [1.165, 1.54) is 12.1 Å². The molecule has 3 aromatic carbocycles. The Hall–Kier alpha value is -4.13. The molecule has 1 amide bonds. The van der Waals surface area contributed by atoms with Crippen LogP contribution < -0.4 is 19.9 Å². The third-order valence-corrected chi connectivity index (χ3v) is 6.13. The van der Waals surface area contributed by atoms with Gasteiger partial charge < -0.3 is 19.9 Å². The number of piperazine rings is 1. The number of hydrogen-bond acceptors (Lipinski definition) is 5. The summed E-state index contributed by atoms with van der Waals surface area (Å²) < 4.78 is 18.7. The Labute approximate surface area is 197 Å². The largest absolute Gasteiger partial charge is 0.495 e. The highest BCUT2D eigenvalue weighted by Crippen LogP contribution is 2.31. The summed E-state index contributed by atoms with van der Waals surface area (Å²) in [6.45, 7) is 3.28. The van der Waals surface area contributed by atoms with Gasteiger partial charge in [0.15, 0.2) is 0 Å². The molecule has 1 aliphatic heterocycles. The molecule has 1 saturated heterocycles. The average molecular weight is 457 g/mol. The first kappa shape index (κ1) is 21.7. The molecule has 172 valence electrons. The number of carbonyl (C=O) groups is 1. The molecule has 0 radical (unpaired) electrons. The SMILES string of the molecule is COc1ccccc1N1CCN(c2ncc(C(=O)Nc3ccc(F)cc3)c3ccccc23)CC1.